The summed E-state index contributed by atoms with van der Waals surface area (Å²) in [6.45, 7) is 3.80. The number of ether oxygens (including phenoxy) is 2. The topological polar surface area (TPSA) is 98.8 Å². The first-order valence-electron chi connectivity index (χ1n) is 6.65. The fourth-order valence-electron chi connectivity index (χ4n) is 1.77. The lowest BCUT2D eigenvalue weighted by atomic mass is 10.1. The zero-order valence-corrected chi connectivity index (χ0v) is 13.3. The van der Waals surface area contributed by atoms with E-state index in [1.807, 2.05) is 0 Å². The van der Waals surface area contributed by atoms with Crippen LogP contribution in [0.1, 0.15) is 36.7 Å². The van der Waals surface area contributed by atoms with Gasteiger partial charge in [-0.25, -0.2) is 4.79 Å². The van der Waals surface area contributed by atoms with Crippen molar-refractivity contribution in [2.24, 2.45) is 0 Å². The van der Waals surface area contributed by atoms with Gasteiger partial charge in [-0.15, -0.1) is 0 Å². The van der Waals surface area contributed by atoms with E-state index < -0.39 is 17.8 Å². The highest BCUT2D eigenvalue weighted by molar-refractivity contribution is 6.00. The number of nitrogens with one attached hydrogen (secondary N) is 1. The molecule has 1 rings (SSSR count). The van der Waals surface area contributed by atoms with Gasteiger partial charge in [-0.2, -0.15) is 0 Å². The lowest BCUT2D eigenvalue weighted by molar-refractivity contribution is -0.137. The van der Waals surface area contributed by atoms with E-state index in [4.69, 9.17) is 4.74 Å². The first-order chi connectivity index (χ1) is 10.7. The molecule has 0 aromatic heterocycles. The summed E-state index contributed by atoms with van der Waals surface area (Å²) in [6, 6.07) is 4.42. The van der Waals surface area contributed by atoms with E-state index in [1.165, 1.54) is 52.2 Å². The van der Waals surface area contributed by atoms with Gasteiger partial charge in [-0.05, 0) is 30.7 Å². The monoisotopic (exact) mass is 319 g/mol. The van der Waals surface area contributed by atoms with Gasteiger partial charge >= 0.3 is 11.9 Å². The molecule has 0 spiro atoms. The Kier molecular flexibility index (Phi) is 6.20. The smallest absolute Gasteiger partial charge is 0.354 e. The van der Waals surface area contributed by atoms with Crippen LogP contribution in [0.3, 0.4) is 0 Å². The molecule has 0 fully saturated rings. The quantitative estimate of drug-likeness (QED) is 0.382. The summed E-state index contributed by atoms with van der Waals surface area (Å²) < 4.78 is 9.54. The zero-order chi connectivity index (χ0) is 17.6. The summed E-state index contributed by atoms with van der Waals surface area (Å²) in [5.74, 6) is -1.90. The third-order valence-electron chi connectivity index (χ3n) is 2.66. The number of amides is 1. The highest BCUT2D eigenvalue weighted by Crippen LogP contribution is 2.22. The number of benzene rings is 1. The molecule has 0 radical (unpaired) electrons. The predicted molar refractivity (Wildman–Crippen MR) is 81.6 cm³/mol. The zero-order valence-electron chi connectivity index (χ0n) is 13.3. The highest BCUT2D eigenvalue weighted by Gasteiger charge is 2.14. The van der Waals surface area contributed by atoms with Crippen molar-refractivity contribution in [2.45, 2.75) is 20.8 Å². The van der Waals surface area contributed by atoms with Crippen LogP contribution in [0.5, 0.6) is 5.75 Å². The molecule has 0 heterocycles. The number of esters is 2. The van der Waals surface area contributed by atoms with Gasteiger partial charge in [0.2, 0.25) is 5.91 Å². The van der Waals surface area contributed by atoms with Crippen molar-refractivity contribution in [3.05, 3.63) is 35.0 Å². The van der Waals surface area contributed by atoms with Crippen molar-refractivity contribution < 1.29 is 28.7 Å². The summed E-state index contributed by atoms with van der Waals surface area (Å²) in [4.78, 5) is 45.5. The molecule has 7 heteroatoms. The number of hydrogen-bond acceptors (Lipinski definition) is 6. The first-order valence-corrected chi connectivity index (χ1v) is 6.65. The molecule has 1 amide bonds. The van der Waals surface area contributed by atoms with Gasteiger partial charge in [0.15, 0.2) is 5.78 Å². The molecular weight excluding hydrogens is 302 g/mol. The molecule has 1 aromatic carbocycles. The molecule has 0 unspecified atom stereocenters. The maximum Gasteiger partial charge on any atom is 0.354 e. The fraction of sp³-hybridized carbons (Fsp3) is 0.250. The lowest BCUT2D eigenvalue weighted by Gasteiger charge is -2.09. The van der Waals surface area contributed by atoms with Crippen LogP contribution in [0.4, 0.5) is 0 Å². The molecule has 0 aliphatic rings. The van der Waals surface area contributed by atoms with Crippen LogP contribution < -0.4 is 10.1 Å². The number of methoxy groups -OCH3 is 1. The molecule has 122 valence electrons. The van der Waals surface area contributed by atoms with Gasteiger partial charge in [-0.1, -0.05) is 6.07 Å². The number of Topliss-reactive ketones (excluding diaryl/α,β-unsaturated/α-hetero) is 1. The van der Waals surface area contributed by atoms with Crippen LogP contribution in [0.25, 0.3) is 6.08 Å². The largest absolute Gasteiger partial charge is 0.464 e. The molecule has 0 saturated carbocycles. The molecule has 0 saturated heterocycles. The molecular formula is C16H17NO6. The van der Waals surface area contributed by atoms with Crippen molar-refractivity contribution in [1.82, 2.24) is 5.32 Å². The fourth-order valence-corrected chi connectivity index (χ4v) is 1.77. The van der Waals surface area contributed by atoms with Gasteiger partial charge < -0.3 is 14.8 Å². The van der Waals surface area contributed by atoms with Gasteiger partial charge in [0.05, 0.1) is 12.7 Å². The Morgan fingerprint density at radius 3 is 2.22 bits per heavy atom. The third kappa shape index (κ3) is 5.39. The van der Waals surface area contributed by atoms with E-state index in [2.05, 4.69) is 10.1 Å². The Bertz CT molecular complexity index is 690. The summed E-state index contributed by atoms with van der Waals surface area (Å²) in [5.41, 5.74) is 0.566. The normalized spacial score (nSPS) is 10.7. The Balaban J connectivity index is 3.30. The summed E-state index contributed by atoms with van der Waals surface area (Å²) in [6.07, 6.45) is 1.36. The second-order valence-electron chi connectivity index (χ2n) is 4.64. The third-order valence-corrected chi connectivity index (χ3v) is 2.66. The van der Waals surface area contributed by atoms with Gasteiger partial charge in [0.25, 0.3) is 0 Å². The number of carbonyl (C=O) groups is 4. The highest BCUT2D eigenvalue weighted by atomic mass is 16.5. The van der Waals surface area contributed by atoms with E-state index in [0.717, 1.165) is 0 Å². The lowest BCUT2D eigenvalue weighted by Crippen LogP contribution is -2.25. The molecule has 0 bridgehead atoms. The molecule has 0 aliphatic heterocycles. The van der Waals surface area contributed by atoms with Crippen LogP contribution in [-0.2, 0) is 19.1 Å². The molecule has 1 aromatic rings. The summed E-state index contributed by atoms with van der Waals surface area (Å²) in [7, 11) is 1.18. The van der Waals surface area contributed by atoms with Crippen molar-refractivity contribution in [3.8, 4) is 5.75 Å². The molecule has 23 heavy (non-hydrogen) atoms. The Hall–Kier alpha value is -2.96. The van der Waals surface area contributed by atoms with Gasteiger partial charge in [0.1, 0.15) is 11.4 Å². The van der Waals surface area contributed by atoms with E-state index in [0.29, 0.717) is 5.56 Å². The second-order valence-corrected chi connectivity index (χ2v) is 4.64. The molecule has 7 nitrogen and oxygen atoms in total. The van der Waals surface area contributed by atoms with Gasteiger partial charge in [0, 0.05) is 13.8 Å². The standard InChI is InChI=1S/C16H17NO6/c1-9(18)13-7-12(5-6-15(13)23-11(3)20)8-14(16(21)22-4)17-10(2)19/h5-8H,1-4H3,(H,17,19)/b14-8+. The Labute approximate surface area is 133 Å². The Morgan fingerprint density at radius 1 is 1.09 bits per heavy atom. The number of rotatable bonds is 5. The summed E-state index contributed by atoms with van der Waals surface area (Å²) >= 11 is 0. The first kappa shape index (κ1) is 18.1. The van der Waals surface area contributed by atoms with E-state index in [1.54, 1.807) is 0 Å². The molecule has 1 N–H and O–H groups in total. The minimum atomic E-state index is -0.728. The van der Waals surface area contributed by atoms with Crippen molar-refractivity contribution >= 4 is 29.7 Å². The maximum absolute atomic E-state index is 11.7. The minimum Gasteiger partial charge on any atom is -0.464 e. The summed E-state index contributed by atoms with van der Waals surface area (Å²) in [5, 5.41) is 2.35. The predicted octanol–water partition coefficient (Wildman–Crippen LogP) is 1.46. The molecule has 0 atom stereocenters. The van der Waals surface area contributed by atoms with Crippen molar-refractivity contribution in [3.63, 3.8) is 0 Å². The minimum absolute atomic E-state index is 0.0743. The van der Waals surface area contributed by atoms with Crippen LogP contribution in [0.2, 0.25) is 0 Å². The van der Waals surface area contributed by atoms with Crippen LogP contribution >= 0.6 is 0 Å². The van der Waals surface area contributed by atoms with E-state index in [9.17, 15) is 19.2 Å². The average Bonchev–Trinajstić information content (AvgIpc) is 2.46. The average molecular weight is 319 g/mol. The van der Waals surface area contributed by atoms with E-state index in [-0.39, 0.29) is 22.8 Å². The maximum atomic E-state index is 11.7. The number of hydrogen-bond donors (Lipinski definition) is 1. The van der Waals surface area contributed by atoms with Gasteiger partial charge in [-0.3, -0.25) is 14.4 Å². The van der Waals surface area contributed by atoms with Crippen molar-refractivity contribution in [1.29, 1.82) is 0 Å². The number of carbonyl (C=O) groups excluding carboxylic acids is 4. The number of ketones is 1. The van der Waals surface area contributed by atoms with Crippen molar-refractivity contribution in [2.75, 3.05) is 7.11 Å². The van der Waals surface area contributed by atoms with E-state index >= 15 is 0 Å². The van der Waals surface area contributed by atoms with Crippen LogP contribution in [0, 0.1) is 0 Å². The van der Waals surface area contributed by atoms with Crippen LogP contribution in [-0.4, -0.2) is 30.7 Å². The SMILES string of the molecule is COC(=O)/C(=C\c1ccc(OC(C)=O)c(C(C)=O)c1)NC(C)=O. The second kappa shape index (κ2) is 7.88. The molecule has 0 aliphatic carbocycles. The Morgan fingerprint density at radius 2 is 1.74 bits per heavy atom. The van der Waals surface area contributed by atoms with Crippen LogP contribution in [0.15, 0.2) is 23.9 Å².